The average Bonchev–Trinajstić information content (AvgIpc) is 3.07. The molecule has 0 saturated carbocycles. The molecule has 0 fully saturated rings. The van der Waals surface area contributed by atoms with Crippen molar-refractivity contribution in [2.24, 2.45) is 0 Å². The van der Waals surface area contributed by atoms with Crippen LogP contribution in [-0.4, -0.2) is 28.1 Å². The van der Waals surface area contributed by atoms with E-state index in [1.165, 1.54) is 0 Å². The highest BCUT2D eigenvalue weighted by Crippen LogP contribution is 2.40. The van der Waals surface area contributed by atoms with Crippen molar-refractivity contribution in [2.45, 2.75) is 39.8 Å². The van der Waals surface area contributed by atoms with E-state index in [0.29, 0.717) is 17.9 Å². The number of rotatable bonds is 5. The largest absolute Gasteiger partial charge is 0.478 e. The zero-order valence-corrected chi connectivity index (χ0v) is 17.8. The summed E-state index contributed by atoms with van der Waals surface area (Å²) >= 11 is 1.64. The fourth-order valence-corrected chi connectivity index (χ4v) is 4.51. The van der Waals surface area contributed by atoms with Crippen LogP contribution in [0.3, 0.4) is 0 Å². The Labute approximate surface area is 178 Å². The first kappa shape index (κ1) is 20.1. The number of hydrogen-bond donors (Lipinski definition) is 1. The number of benzene rings is 2. The predicted octanol–water partition coefficient (Wildman–Crippen LogP) is 4.83. The number of aromatic carboxylic acids is 1. The monoisotopic (exact) mass is 422 g/mol. The summed E-state index contributed by atoms with van der Waals surface area (Å²) in [5, 5.41) is 10.3. The number of fused-ring (bicyclic) bond motifs is 1. The van der Waals surface area contributed by atoms with Crippen LogP contribution in [0.5, 0.6) is 5.75 Å². The van der Waals surface area contributed by atoms with Crippen LogP contribution in [0.4, 0.5) is 5.69 Å². The minimum absolute atomic E-state index is 0.131. The molecular formula is C23H22N2O4S. The molecule has 1 atom stereocenters. The van der Waals surface area contributed by atoms with Gasteiger partial charge >= 0.3 is 5.97 Å². The summed E-state index contributed by atoms with van der Waals surface area (Å²) in [6.45, 7) is 6.18. The molecule has 0 radical (unpaired) electrons. The van der Waals surface area contributed by atoms with Gasteiger partial charge in [0, 0.05) is 10.4 Å². The van der Waals surface area contributed by atoms with Gasteiger partial charge in [-0.1, -0.05) is 19.1 Å². The molecule has 1 N–H and O–H groups in total. The minimum Gasteiger partial charge on any atom is -0.478 e. The molecule has 6 nitrogen and oxygen atoms in total. The highest BCUT2D eigenvalue weighted by molar-refractivity contribution is 7.11. The average molecular weight is 423 g/mol. The minimum atomic E-state index is -0.992. The van der Waals surface area contributed by atoms with Gasteiger partial charge in [-0.25, -0.2) is 9.78 Å². The number of hydrogen-bond acceptors (Lipinski definition) is 5. The van der Waals surface area contributed by atoms with Gasteiger partial charge in [0.25, 0.3) is 5.91 Å². The summed E-state index contributed by atoms with van der Waals surface area (Å²) < 4.78 is 5.95. The van der Waals surface area contributed by atoms with Crippen LogP contribution < -0.4 is 9.64 Å². The molecule has 1 aromatic heterocycles. The van der Waals surface area contributed by atoms with Crippen LogP contribution >= 0.6 is 11.3 Å². The number of carboxylic acid groups (broad SMARTS) is 1. The van der Waals surface area contributed by atoms with E-state index in [0.717, 1.165) is 26.7 Å². The zero-order chi connectivity index (χ0) is 21.4. The van der Waals surface area contributed by atoms with E-state index in [1.807, 2.05) is 45.0 Å². The SMILES string of the molecule is CCC1Oc2ccc(-c3nc(C)sc3C)cc2N(Cc2cccc(C(=O)O)c2)C1=O. The summed E-state index contributed by atoms with van der Waals surface area (Å²) in [5.41, 5.74) is 3.44. The molecule has 2 aromatic carbocycles. The molecule has 0 aliphatic carbocycles. The molecule has 3 aromatic rings. The van der Waals surface area contributed by atoms with Crippen molar-refractivity contribution < 1.29 is 19.4 Å². The summed E-state index contributed by atoms with van der Waals surface area (Å²) in [4.78, 5) is 31.9. The maximum absolute atomic E-state index is 13.1. The van der Waals surface area contributed by atoms with E-state index in [-0.39, 0.29) is 18.0 Å². The van der Waals surface area contributed by atoms with Crippen molar-refractivity contribution in [3.63, 3.8) is 0 Å². The molecule has 1 aliphatic rings. The lowest BCUT2D eigenvalue weighted by atomic mass is 10.0. The molecule has 2 heterocycles. The Hall–Kier alpha value is -3.19. The van der Waals surface area contributed by atoms with Crippen molar-refractivity contribution in [1.82, 2.24) is 4.98 Å². The summed E-state index contributed by atoms with van der Waals surface area (Å²) in [6, 6.07) is 12.4. The van der Waals surface area contributed by atoms with Crippen molar-refractivity contribution in [2.75, 3.05) is 4.90 Å². The van der Waals surface area contributed by atoms with Gasteiger partial charge in [-0.2, -0.15) is 0 Å². The molecule has 7 heteroatoms. The van der Waals surface area contributed by atoms with Crippen molar-refractivity contribution >= 4 is 28.9 Å². The quantitative estimate of drug-likeness (QED) is 0.637. The van der Waals surface area contributed by atoms with E-state index in [9.17, 15) is 14.7 Å². The summed E-state index contributed by atoms with van der Waals surface area (Å²) in [6.07, 6.45) is -0.00920. The van der Waals surface area contributed by atoms with Gasteiger partial charge in [-0.15, -0.1) is 11.3 Å². The molecular weight excluding hydrogens is 400 g/mol. The van der Waals surface area contributed by atoms with Gasteiger partial charge in [0.2, 0.25) is 0 Å². The second-order valence-corrected chi connectivity index (χ2v) is 8.67. The predicted molar refractivity (Wildman–Crippen MR) is 116 cm³/mol. The number of anilines is 1. The van der Waals surface area contributed by atoms with Crippen LogP contribution in [0.15, 0.2) is 42.5 Å². The summed E-state index contributed by atoms with van der Waals surface area (Å²) in [5.74, 6) is -0.480. The fraction of sp³-hybridized carbons (Fsp3) is 0.261. The highest BCUT2D eigenvalue weighted by Gasteiger charge is 2.34. The third-order valence-electron chi connectivity index (χ3n) is 5.12. The molecule has 0 spiro atoms. The van der Waals surface area contributed by atoms with Crippen LogP contribution in [0.25, 0.3) is 11.3 Å². The maximum Gasteiger partial charge on any atom is 0.335 e. The molecule has 30 heavy (non-hydrogen) atoms. The molecule has 4 rings (SSSR count). The van der Waals surface area contributed by atoms with Gasteiger partial charge < -0.3 is 14.7 Å². The molecule has 1 amide bonds. The Kier molecular flexibility index (Phi) is 5.30. The standard InChI is InChI=1S/C23H22N2O4S/c1-4-19-22(26)25(12-15-6-5-7-17(10-15)23(27)28)18-11-16(8-9-20(18)29-19)21-13(2)30-14(3)24-21/h5-11,19H,4,12H2,1-3H3,(H,27,28). The van der Waals surface area contributed by atoms with Gasteiger partial charge in [0.05, 0.1) is 28.5 Å². The third-order valence-corrected chi connectivity index (χ3v) is 6.01. The molecule has 0 bridgehead atoms. The van der Waals surface area contributed by atoms with Crippen LogP contribution in [-0.2, 0) is 11.3 Å². The second kappa shape index (κ2) is 7.91. The molecule has 1 unspecified atom stereocenters. The Balaban J connectivity index is 1.77. The van der Waals surface area contributed by atoms with Crippen LogP contribution in [0.2, 0.25) is 0 Å². The topological polar surface area (TPSA) is 79.7 Å². The Morgan fingerprint density at radius 2 is 2.03 bits per heavy atom. The number of aromatic nitrogens is 1. The van der Waals surface area contributed by atoms with Gasteiger partial charge in [0.15, 0.2) is 6.10 Å². The van der Waals surface area contributed by atoms with E-state index >= 15 is 0 Å². The van der Waals surface area contributed by atoms with Gasteiger partial charge in [-0.05, 0) is 56.2 Å². The normalized spacial score (nSPS) is 15.6. The van der Waals surface area contributed by atoms with Crippen molar-refractivity contribution in [3.05, 3.63) is 63.5 Å². The lowest BCUT2D eigenvalue weighted by molar-refractivity contribution is -0.126. The smallest absolute Gasteiger partial charge is 0.335 e. The number of amides is 1. The first-order chi connectivity index (χ1) is 14.4. The van der Waals surface area contributed by atoms with Crippen LogP contribution in [0.1, 0.15) is 39.2 Å². The number of nitrogens with zero attached hydrogens (tertiary/aromatic N) is 2. The number of carboxylic acids is 1. The Morgan fingerprint density at radius 3 is 2.70 bits per heavy atom. The summed E-state index contributed by atoms with van der Waals surface area (Å²) in [7, 11) is 0. The van der Waals surface area contributed by atoms with Gasteiger partial charge in [0.1, 0.15) is 5.75 Å². The van der Waals surface area contributed by atoms with Crippen molar-refractivity contribution in [1.29, 1.82) is 0 Å². The van der Waals surface area contributed by atoms with E-state index in [4.69, 9.17) is 4.74 Å². The van der Waals surface area contributed by atoms with Gasteiger partial charge in [-0.3, -0.25) is 4.79 Å². The number of aryl methyl sites for hydroxylation is 2. The molecule has 1 aliphatic heterocycles. The van der Waals surface area contributed by atoms with Crippen molar-refractivity contribution in [3.8, 4) is 17.0 Å². The number of carbonyl (C=O) groups excluding carboxylic acids is 1. The first-order valence-electron chi connectivity index (χ1n) is 9.76. The van der Waals surface area contributed by atoms with E-state index in [2.05, 4.69) is 4.98 Å². The maximum atomic E-state index is 13.1. The lowest BCUT2D eigenvalue weighted by Crippen LogP contribution is -2.45. The highest BCUT2D eigenvalue weighted by atomic mass is 32.1. The molecule has 154 valence electrons. The first-order valence-corrected chi connectivity index (χ1v) is 10.6. The van der Waals surface area contributed by atoms with E-state index < -0.39 is 12.1 Å². The number of ether oxygens (including phenoxy) is 1. The molecule has 0 saturated heterocycles. The number of carbonyl (C=O) groups is 2. The van der Waals surface area contributed by atoms with E-state index in [1.54, 1.807) is 34.4 Å². The Bertz CT molecular complexity index is 1140. The second-order valence-electron chi connectivity index (χ2n) is 7.26. The lowest BCUT2D eigenvalue weighted by Gasteiger charge is -2.34. The fourth-order valence-electron chi connectivity index (χ4n) is 3.67. The number of thiazole rings is 1. The third kappa shape index (κ3) is 3.68. The zero-order valence-electron chi connectivity index (χ0n) is 17.0. The Morgan fingerprint density at radius 1 is 1.23 bits per heavy atom. The van der Waals surface area contributed by atoms with Crippen LogP contribution in [0, 0.1) is 13.8 Å².